The van der Waals surface area contributed by atoms with Crippen LogP contribution < -0.4 is 0 Å². The van der Waals surface area contributed by atoms with Crippen LogP contribution in [0.3, 0.4) is 0 Å². The Balaban J connectivity index is 2.12. The van der Waals surface area contributed by atoms with Crippen LogP contribution in [-0.2, 0) is 13.6 Å². The Labute approximate surface area is 131 Å². The molecule has 0 saturated carbocycles. The highest BCUT2D eigenvalue weighted by molar-refractivity contribution is 6.38. The molecule has 3 aromatic rings. The zero-order valence-corrected chi connectivity index (χ0v) is 13.3. The third-order valence-corrected chi connectivity index (χ3v) is 4.41. The third kappa shape index (κ3) is 2.20. The Morgan fingerprint density at radius 1 is 1.20 bits per heavy atom. The van der Waals surface area contributed by atoms with Crippen molar-refractivity contribution >= 4 is 45.7 Å². The van der Waals surface area contributed by atoms with E-state index in [0.717, 1.165) is 22.2 Å². The lowest BCUT2D eigenvalue weighted by molar-refractivity contribution is 0.757. The predicted molar refractivity (Wildman–Crippen MR) is 84.0 cm³/mol. The Bertz CT molecular complexity index is 802. The zero-order valence-electron chi connectivity index (χ0n) is 11.0. The van der Waals surface area contributed by atoms with Gasteiger partial charge in [-0.2, -0.15) is 5.10 Å². The van der Waals surface area contributed by atoms with Crippen LogP contribution >= 0.6 is 34.8 Å². The van der Waals surface area contributed by atoms with Gasteiger partial charge in [-0.15, -0.1) is 0 Å². The van der Waals surface area contributed by atoms with Crippen molar-refractivity contribution in [2.45, 2.75) is 13.5 Å². The van der Waals surface area contributed by atoms with Gasteiger partial charge in [0, 0.05) is 29.2 Å². The monoisotopic (exact) mass is 327 g/mol. The van der Waals surface area contributed by atoms with Gasteiger partial charge >= 0.3 is 0 Å². The van der Waals surface area contributed by atoms with Crippen LogP contribution in [-0.4, -0.2) is 14.3 Å². The van der Waals surface area contributed by atoms with Gasteiger partial charge in [-0.1, -0.05) is 34.8 Å². The second-order valence-electron chi connectivity index (χ2n) is 4.74. The van der Waals surface area contributed by atoms with E-state index in [0.29, 0.717) is 21.7 Å². The number of fused-ring (bicyclic) bond motifs is 1. The molecule has 0 bridgehead atoms. The molecule has 0 aliphatic heterocycles. The van der Waals surface area contributed by atoms with Crippen molar-refractivity contribution in [3.63, 3.8) is 0 Å². The molecular weight excluding hydrogens is 317 g/mol. The van der Waals surface area contributed by atoms with E-state index in [4.69, 9.17) is 34.8 Å². The van der Waals surface area contributed by atoms with Crippen LogP contribution in [0.5, 0.6) is 0 Å². The molecule has 3 rings (SSSR count). The van der Waals surface area contributed by atoms with E-state index >= 15 is 0 Å². The van der Waals surface area contributed by atoms with Crippen LogP contribution in [0.4, 0.5) is 0 Å². The Morgan fingerprint density at radius 3 is 2.60 bits per heavy atom. The second-order valence-corrected chi connectivity index (χ2v) is 5.94. The lowest BCUT2D eigenvalue weighted by Gasteiger charge is -2.06. The van der Waals surface area contributed by atoms with Gasteiger partial charge in [-0.3, -0.25) is 4.68 Å². The number of rotatable bonds is 2. The Morgan fingerprint density at radius 2 is 1.95 bits per heavy atom. The number of benzene rings is 1. The summed E-state index contributed by atoms with van der Waals surface area (Å²) in [5.74, 6) is 0. The van der Waals surface area contributed by atoms with Crippen LogP contribution in [0.2, 0.25) is 15.2 Å². The lowest BCUT2D eigenvalue weighted by atomic mass is 10.2. The average Bonchev–Trinajstić information content (AvgIpc) is 2.87. The lowest BCUT2D eigenvalue weighted by Crippen LogP contribution is -1.99. The summed E-state index contributed by atoms with van der Waals surface area (Å²) < 4.78 is 3.75. The van der Waals surface area contributed by atoms with Crippen LogP contribution in [0.25, 0.3) is 10.9 Å². The summed E-state index contributed by atoms with van der Waals surface area (Å²) in [6, 6.07) is 5.63. The molecule has 0 fully saturated rings. The molecule has 0 saturated heterocycles. The van der Waals surface area contributed by atoms with Crippen molar-refractivity contribution in [3.8, 4) is 0 Å². The molecule has 20 heavy (non-hydrogen) atoms. The van der Waals surface area contributed by atoms with Crippen LogP contribution in [0.1, 0.15) is 11.3 Å². The fourth-order valence-electron chi connectivity index (χ4n) is 2.38. The highest BCUT2D eigenvalue weighted by atomic mass is 35.5. The molecule has 104 valence electrons. The van der Waals surface area contributed by atoms with Crippen molar-refractivity contribution in [3.05, 3.63) is 50.9 Å². The molecule has 0 atom stereocenters. The number of hydrogen-bond acceptors (Lipinski definition) is 1. The highest BCUT2D eigenvalue weighted by Gasteiger charge is 2.13. The summed E-state index contributed by atoms with van der Waals surface area (Å²) in [5, 5.41) is 7.23. The summed E-state index contributed by atoms with van der Waals surface area (Å²) in [6.07, 6.45) is 1.98. The zero-order chi connectivity index (χ0) is 14.4. The smallest absolute Gasteiger partial charge is 0.131 e. The minimum absolute atomic E-state index is 0.622. The largest absolute Gasteiger partial charge is 0.343 e. The van der Waals surface area contributed by atoms with Crippen LogP contribution in [0, 0.1) is 6.92 Å². The van der Waals surface area contributed by atoms with Crippen molar-refractivity contribution in [1.82, 2.24) is 14.3 Å². The van der Waals surface area contributed by atoms with Gasteiger partial charge in [0.15, 0.2) is 0 Å². The Kier molecular flexibility index (Phi) is 3.44. The maximum atomic E-state index is 6.28. The fourth-order valence-corrected chi connectivity index (χ4v) is 3.16. The van der Waals surface area contributed by atoms with E-state index in [1.165, 1.54) is 0 Å². The minimum atomic E-state index is 0.622. The standard InChI is InChI=1S/C14H12Cl3N3/c1-8-11(14(17)19(2)18-8)7-20-4-3-10-12(16)5-9(15)6-13(10)20/h3-6H,7H2,1-2H3. The van der Waals surface area contributed by atoms with Crippen molar-refractivity contribution in [2.24, 2.45) is 7.05 Å². The van der Waals surface area contributed by atoms with Gasteiger partial charge in [0.2, 0.25) is 0 Å². The molecular formula is C14H12Cl3N3. The molecule has 0 aliphatic carbocycles. The van der Waals surface area contributed by atoms with Crippen molar-refractivity contribution in [1.29, 1.82) is 0 Å². The predicted octanol–water partition coefficient (Wildman–Crippen LogP) is 4.69. The molecule has 2 aromatic heterocycles. The number of nitrogens with zero attached hydrogens (tertiary/aromatic N) is 3. The number of hydrogen-bond donors (Lipinski definition) is 0. The molecule has 3 nitrogen and oxygen atoms in total. The maximum absolute atomic E-state index is 6.28. The molecule has 0 radical (unpaired) electrons. The summed E-state index contributed by atoms with van der Waals surface area (Å²) in [7, 11) is 1.83. The summed E-state index contributed by atoms with van der Waals surface area (Å²) in [6.45, 7) is 2.59. The van der Waals surface area contributed by atoms with Gasteiger partial charge in [0.05, 0.1) is 22.8 Å². The van der Waals surface area contributed by atoms with Crippen molar-refractivity contribution in [2.75, 3.05) is 0 Å². The molecule has 0 N–H and O–H groups in total. The summed E-state index contributed by atoms with van der Waals surface area (Å²) >= 11 is 18.6. The SMILES string of the molecule is Cc1nn(C)c(Cl)c1Cn1ccc2c(Cl)cc(Cl)cc21. The first-order valence-electron chi connectivity index (χ1n) is 6.09. The first-order chi connectivity index (χ1) is 9.47. The van der Waals surface area contributed by atoms with E-state index in [1.54, 1.807) is 10.7 Å². The van der Waals surface area contributed by atoms with Crippen LogP contribution in [0.15, 0.2) is 24.4 Å². The van der Waals surface area contributed by atoms with Crippen molar-refractivity contribution < 1.29 is 0 Å². The van der Waals surface area contributed by atoms with E-state index in [-0.39, 0.29) is 0 Å². The fraction of sp³-hybridized carbons (Fsp3) is 0.214. The van der Waals surface area contributed by atoms with Gasteiger partial charge < -0.3 is 4.57 Å². The molecule has 0 aliphatic rings. The maximum Gasteiger partial charge on any atom is 0.131 e. The first-order valence-corrected chi connectivity index (χ1v) is 7.22. The molecule has 0 spiro atoms. The first kappa shape index (κ1) is 13.8. The second kappa shape index (κ2) is 4.99. The Hall–Kier alpha value is -1.16. The van der Waals surface area contributed by atoms with E-state index in [2.05, 4.69) is 9.67 Å². The number of aromatic nitrogens is 3. The van der Waals surface area contributed by atoms with Gasteiger partial charge in [-0.25, -0.2) is 0 Å². The molecule has 1 aromatic carbocycles. The van der Waals surface area contributed by atoms with Gasteiger partial charge in [-0.05, 0) is 25.1 Å². The molecule has 0 amide bonds. The van der Waals surface area contributed by atoms with Gasteiger partial charge in [0.1, 0.15) is 5.15 Å². The normalized spacial score (nSPS) is 11.4. The van der Waals surface area contributed by atoms with Gasteiger partial charge in [0.25, 0.3) is 0 Å². The quantitative estimate of drug-likeness (QED) is 0.669. The third-order valence-electron chi connectivity index (χ3n) is 3.40. The topological polar surface area (TPSA) is 22.8 Å². The van der Waals surface area contributed by atoms with E-state index < -0.39 is 0 Å². The highest BCUT2D eigenvalue weighted by Crippen LogP contribution is 2.30. The molecule has 0 unspecified atom stereocenters. The molecule has 6 heteroatoms. The molecule has 2 heterocycles. The van der Waals surface area contributed by atoms with E-state index in [1.807, 2.05) is 32.3 Å². The summed E-state index contributed by atoms with van der Waals surface area (Å²) in [4.78, 5) is 0. The minimum Gasteiger partial charge on any atom is -0.343 e. The van der Waals surface area contributed by atoms with E-state index in [9.17, 15) is 0 Å². The number of aryl methyl sites for hydroxylation is 2. The summed E-state index contributed by atoms with van der Waals surface area (Å²) in [5.41, 5.74) is 2.91. The average molecular weight is 329 g/mol. The number of halogens is 3.